The van der Waals surface area contributed by atoms with Crippen molar-refractivity contribution in [3.63, 3.8) is 0 Å². The smallest absolute Gasteiger partial charge is 0.217 e. The molecule has 1 saturated heterocycles. The Balaban J connectivity index is 1.64. The van der Waals surface area contributed by atoms with Crippen molar-refractivity contribution < 1.29 is 4.79 Å². The first-order chi connectivity index (χ1) is 10.2. The molecule has 5 heteroatoms. The molecule has 1 fully saturated rings. The van der Waals surface area contributed by atoms with Crippen LogP contribution in [0.3, 0.4) is 0 Å². The minimum Gasteiger partial charge on any atom is -0.353 e. The second-order valence-electron chi connectivity index (χ2n) is 5.33. The molecule has 1 aromatic heterocycles. The van der Waals surface area contributed by atoms with Crippen LogP contribution in [0.2, 0.25) is 0 Å². The van der Waals surface area contributed by atoms with Crippen molar-refractivity contribution in [1.29, 1.82) is 0 Å². The number of rotatable bonds is 3. The van der Waals surface area contributed by atoms with E-state index in [0.29, 0.717) is 6.04 Å². The third-order valence-corrected chi connectivity index (χ3v) is 4.83. The average Bonchev–Trinajstić information content (AvgIpc) is 2.98. The van der Waals surface area contributed by atoms with Gasteiger partial charge in [0, 0.05) is 32.3 Å². The van der Waals surface area contributed by atoms with Crippen molar-refractivity contribution in [3.8, 4) is 10.4 Å². The van der Waals surface area contributed by atoms with E-state index < -0.39 is 0 Å². The molecule has 1 N–H and O–H groups in total. The Labute approximate surface area is 128 Å². The summed E-state index contributed by atoms with van der Waals surface area (Å²) in [6.45, 7) is 3.48. The van der Waals surface area contributed by atoms with Crippen LogP contribution < -0.4 is 10.2 Å². The molecule has 1 aliphatic rings. The third-order valence-electron chi connectivity index (χ3n) is 3.72. The quantitative estimate of drug-likeness (QED) is 0.948. The number of hydrogen-bond donors (Lipinski definition) is 1. The summed E-state index contributed by atoms with van der Waals surface area (Å²) in [5.41, 5.74) is 1.22. The van der Waals surface area contributed by atoms with Gasteiger partial charge in [-0.25, -0.2) is 4.98 Å². The summed E-state index contributed by atoms with van der Waals surface area (Å²) in [5.74, 6) is 0.0639. The fourth-order valence-corrected chi connectivity index (χ4v) is 3.62. The second kappa shape index (κ2) is 6.26. The molecule has 1 amide bonds. The molecule has 0 radical (unpaired) electrons. The molecule has 0 atom stereocenters. The van der Waals surface area contributed by atoms with E-state index in [1.54, 1.807) is 18.3 Å². The summed E-state index contributed by atoms with van der Waals surface area (Å²) in [6.07, 6.45) is 3.93. The fourth-order valence-electron chi connectivity index (χ4n) is 2.65. The summed E-state index contributed by atoms with van der Waals surface area (Å²) >= 11 is 1.74. The van der Waals surface area contributed by atoms with Crippen LogP contribution >= 0.6 is 11.3 Å². The first-order valence-electron chi connectivity index (χ1n) is 7.25. The number of nitrogens with one attached hydrogen (secondary N) is 1. The van der Waals surface area contributed by atoms with Gasteiger partial charge in [-0.1, -0.05) is 41.7 Å². The molecule has 0 saturated carbocycles. The lowest BCUT2D eigenvalue weighted by atomic mass is 10.1. The number of benzene rings is 1. The predicted octanol–water partition coefficient (Wildman–Crippen LogP) is 2.92. The number of piperidine rings is 1. The number of thiazole rings is 1. The minimum atomic E-state index is 0.0639. The Bertz CT molecular complexity index is 603. The Morgan fingerprint density at radius 3 is 2.67 bits per heavy atom. The van der Waals surface area contributed by atoms with Crippen LogP contribution in [0.1, 0.15) is 19.8 Å². The van der Waals surface area contributed by atoms with Gasteiger partial charge in [0.1, 0.15) is 0 Å². The normalized spacial score (nSPS) is 16.0. The summed E-state index contributed by atoms with van der Waals surface area (Å²) in [7, 11) is 0. The summed E-state index contributed by atoms with van der Waals surface area (Å²) in [6, 6.07) is 10.7. The molecule has 2 heterocycles. The first-order valence-corrected chi connectivity index (χ1v) is 8.07. The molecule has 1 aromatic carbocycles. The van der Waals surface area contributed by atoms with E-state index in [1.807, 2.05) is 24.4 Å². The largest absolute Gasteiger partial charge is 0.353 e. The number of anilines is 1. The van der Waals surface area contributed by atoms with Crippen LogP contribution in [0.25, 0.3) is 10.4 Å². The van der Waals surface area contributed by atoms with Crippen molar-refractivity contribution >= 4 is 22.4 Å². The predicted molar refractivity (Wildman–Crippen MR) is 86.6 cm³/mol. The molecular weight excluding hydrogens is 282 g/mol. The van der Waals surface area contributed by atoms with Gasteiger partial charge in [0.05, 0.1) is 4.88 Å². The van der Waals surface area contributed by atoms with Crippen molar-refractivity contribution in [2.24, 2.45) is 0 Å². The maximum absolute atomic E-state index is 11.1. The van der Waals surface area contributed by atoms with E-state index in [9.17, 15) is 4.79 Å². The molecule has 0 aliphatic carbocycles. The van der Waals surface area contributed by atoms with Gasteiger partial charge in [-0.05, 0) is 18.4 Å². The Morgan fingerprint density at radius 2 is 2.00 bits per heavy atom. The lowest BCUT2D eigenvalue weighted by molar-refractivity contribution is -0.119. The first kappa shape index (κ1) is 14.1. The Hall–Kier alpha value is -1.88. The van der Waals surface area contributed by atoms with E-state index in [2.05, 4.69) is 27.3 Å². The molecule has 21 heavy (non-hydrogen) atoms. The highest BCUT2D eigenvalue weighted by Crippen LogP contribution is 2.32. The van der Waals surface area contributed by atoms with Crippen LogP contribution in [0.15, 0.2) is 36.5 Å². The zero-order valence-electron chi connectivity index (χ0n) is 12.1. The number of amides is 1. The van der Waals surface area contributed by atoms with Crippen LogP contribution in [0.4, 0.5) is 5.13 Å². The lowest BCUT2D eigenvalue weighted by Gasteiger charge is -2.31. The SMILES string of the molecule is CC(=O)NC1CCN(c2ncc(-c3ccccc3)s2)CC1. The maximum atomic E-state index is 11.1. The van der Waals surface area contributed by atoms with Gasteiger partial charge in [-0.2, -0.15) is 0 Å². The zero-order valence-corrected chi connectivity index (χ0v) is 12.9. The third kappa shape index (κ3) is 3.42. The van der Waals surface area contributed by atoms with Crippen molar-refractivity contribution in [2.45, 2.75) is 25.8 Å². The molecule has 0 unspecified atom stereocenters. The zero-order chi connectivity index (χ0) is 14.7. The van der Waals surface area contributed by atoms with E-state index in [-0.39, 0.29) is 5.91 Å². The number of hydrogen-bond acceptors (Lipinski definition) is 4. The molecule has 3 rings (SSSR count). The summed E-state index contributed by atoms with van der Waals surface area (Å²) in [5, 5.41) is 4.08. The van der Waals surface area contributed by atoms with Gasteiger partial charge in [0.15, 0.2) is 5.13 Å². The van der Waals surface area contributed by atoms with Crippen molar-refractivity contribution in [2.75, 3.05) is 18.0 Å². The van der Waals surface area contributed by atoms with Crippen molar-refractivity contribution in [1.82, 2.24) is 10.3 Å². The van der Waals surface area contributed by atoms with Gasteiger partial charge in [0.25, 0.3) is 0 Å². The molecule has 1 aliphatic heterocycles. The highest BCUT2D eigenvalue weighted by Gasteiger charge is 2.21. The van der Waals surface area contributed by atoms with E-state index in [4.69, 9.17) is 0 Å². The molecule has 0 bridgehead atoms. The monoisotopic (exact) mass is 301 g/mol. The average molecular weight is 301 g/mol. The van der Waals surface area contributed by atoms with Gasteiger partial charge in [-0.15, -0.1) is 0 Å². The van der Waals surface area contributed by atoms with Gasteiger partial charge in [-0.3, -0.25) is 4.79 Å². The van der Waals surface area contributed by atoms with Crippen LogP contribution in [-0.2, 0) is 4.79 Å². The summed E-state index contributed by atoms with van der Waals surface area (Å²) in [4.78, 5) is 19.2. The van der Waals surface area contributed by atoms with Gasteiger partial charge >= 0.3 is 0 Å². The van der Waals surface area contributed by atoms with Crippen molar-refractivity contribution in [3.05, 3.63) is 36.5 Å². The Kier molecular flexibility index (Phi) is 4.20. The van der Waals surface area contributed by atoms with Crippen LogP contribution in [0, 0.1) is 0 Å². The molecule has 110 valence electrons. The molecular formula is C16H19N3OS. The highest BCUT2D eigenvalue weighted by molar-refractivity contribution is 7.18. The Morgan fingerprint density at radius 1 is 1.29 bits per heavy atom. The fraction of sp³-hybridized carbons (Fsp3) is 0.375. The summed E-state index contributed by atoms with van der Waals surface area (Å²) < 4.78 is 0. The number of carbonyl (C=O) groups excluding carboxylic acids is 1. The second-order valence-corrected chi connectivity index (χ2v) is 6.34. The van der Waals surface area contributed by atoms with E-state index >= 15 is 0 Å². The molecule has 4 nitrogen and oxygen atoms in total. The molecule has 0 spiro atoms. The number of aromatic nitrogens is 1. The minimum absolute atomic E-state index is 0.0639. The van der Waals surface area contributed by atoms with Crippen LogP contribution in [0.5, 0.6) is 0 Å². The highest BCUT2D eigenvalue weighted by atomic mass is 32.1. The lowest BCUT2D eigenvalue weighted by Crippen LogP contribution is -2.44. The molecule has 2 aromatic rings. The van der Waals surface area contributed by atoms with Gasteiger partial charge < -0.3 is 10.2 Å². The topological polar surface area (TPSA) is 45.2 Å². The van der Waals surface area contributed by atoms with E-state index in [0.717, 1.165) is 31.1 Å². The van der Waals surface area contributed by atoms with Crippen LogP contribution in [-0.4, -0.2) is 30.0 Å². The maximum Gasteiger partial charge on any atom is 0.217 e. The number of carbonyl (C=O) groups is 1. The van der Waals surface area contributed by atoms with E-state index in [1.165, 1.54) is 10.4 Å². The standard InChI is InChI=1S/C16H19N3OS/c1-12(20)18-14-7-9-19(10-8-14)16-17-11-15(21-16)13-5-3-2-4-6-13/h2-6,11,14H,7-10H2,1H3,(H,18,20). The van der Waals surface area contributed by atoms with Gasteiger partial charge in [0.2, 0.25) is 5.91 Å². The number of nitrogens with zero attached hydrogens (tertiary/aromatic N) is 2.